The lowest BCUT2D eigenvalue weighted by Gasteiger charge is -2.08. The molecular weight excluding hydrogens is 362 g/mol. The highest BCUT2D eigenvalue weighted by molar-refractivity contribution is 6.32. The predicted molar refractivity (Wildman–Crippen MR) is 106 cm³/mol. The number of hydrogen-bond donors (Lipinski definition) is 2. The highest BCUT2D eigenvalue weighted by Gasteiger charge is 2.44. The van der Waals surface area contributed by atoms with E-state index in [0.29, 0.717) is 23.9 Å². The molecule has 1 fully saturated rings. The number of pyridine rings is 1. The molecule has 0 saturated heterocycles. The maximum Gasteiger partial charge on any atom is 0.226 e. The summed E-state index contributed by atoms with van der Waals surface area (Å²) in [6, 6.07) is 9.71. The normalized spacial score (nSPS) is 14.9. The zero-order valence-corrected chi connectivity index (χ0v) is 16.2. The summed E-state index contributed by atoms with van der Waals surface area (Å²) in [5.74, 6) is 0.725. The fourth-order valence-corrected chi connectivity index (χ4v) is 3.16. The Bertz CT molecular complexity index is 991. The summed E-state index contributed by atoms with van der Waals surface area (Å²) in [4.78, 5) is 19.8. The molecule has 3 aromatic rings. The van der Waals surface area contributed by atoms with E-state index in [1.165, 1.54) is 0 Å². The second-order valence-corrected chi connectivity index (χ2v) is 7.93. The van der Waals surface area contributed by atoms with Crippen LogP contribution >= 0.6 is 11.6 Å². The Hall–Kier alpha value is -2.53. The average Bonchev–Trinajstić information content (AvgIpc) is 3.28. The van der Waals surface area contributed by atoms with Gasteiger partial charge in [-0.1, -0.05) is 24.6 Å². The molecule has 1 aromatic carbocycles. The average molecular weight is 384 g/mol. The number of halogens is 1. The summed E-state index contributed by atoms with van der Waals surface area (Å²) in [5.41, 5.74) is 3.66. The SMILES string of the molecule is Cc1ccc(COc2cc3[nH]c(CNC(=O)C4(C)CC4)cc3cc2Cl)nc1. The molecule has 0 aliphatic heterocycles. The number of nitrogens with one attached hydrogen (secondary N) is 2. The highest BCUT2D eigenvalue weighted by Crippen LogP contribution is 2.45. The maximum absolute atomic E-state index is 12.1. The predicted octanol–water partition coefficient (Wildman–Crippen LogP) is 4.52. The number of carbonyl (C=O) groups is 1. The number of benzene rings is 1. The van der Waals surface area contributed by atoms with Crippen molar-refractivity contribution in [2.75, 3.05) is 0 Å². The van der Waals surface area contributed by atoms with Crippen molar-refractivity contribution in [1.82, 2.24) is 15.3 Å². The summed E-state index contributed by atoms with van der Waals surface area (Å²) < 4.78 is 5.85. The van der Waals surface area contributed by atoms with Gasteiger partial charge in [-0.15, -0.1) is 0 Å². The van der Waals surface area contributed by atoms with Crippen LogP contribution in [0.4, 0.5) is 0 Å². The molecule has 0 unspecified atom stereocenters. The fourth-order valence-electron chi connectivity index (χ4n) is 2.94. The maximum atomic E-state index is 12.1. The highest BCUT2D eigenvalue weighted by atomic mass is 35.5. The molecule has 140 valence electrons. The lowest BCUT2D eigenvalue weighted by Crippen LogP contribution is -2.29. The van der Waals surface area contributed by atoms with Gasteiger partial charge in [-0.2, -0.15) is 0 Å². The minimum absolute atomic E-state index is 0.119. The van der Waals surface area contributed by atoms with Crippen LogP contribution in [0.1, 0.15) is 36.7 Å². The van der Waals surface area contributed by atoms with Gasteiger partial charge in [-0.05, 0) is 43.5 Å². The molecule has 27 heavy (non-hydrogen) atoms. The number of fused-ring (bicyclic) bond motifs is 1. The minimum Gasteiger partial charge on any atom is -0.486 e. The van der Waals surface area contributed by atoms with Crippen molar-refractivity contribution in [2.24, 2.45) is 5.41 Å². The molecule has 1 saturated carbocycles. The molecule has 0 radical (unpaired) electrons. The molecule has 2 aromatic heterocycles. The van der Waals surface area contributed by atoms with Crippen molar-refractivity contribution in [1.29, 1.82) is 0 Å². The first-order chi connectivity index (χ1) is 12.9. The van der Waals surface area contributed by atoms with Gasteiger partial charge in [-0.25, -0.2) is 0 Å². The molecule has 4 rings (SSSR count). The van der Waals surface area contributed by atoms with E-state index in [-0.39, 0.29) is 11.3 Å². The van der Waals surface area contributed by atoms with E-state index in [4.69, 9.17) is 16.3 Å². The lowest BCUT2D eigenvalue weighted by atomic mass is 10.1. The third kappa shape index (κ3) is 3.93. The Morgan fingerprint density at radius 1 is 1.33 bits per heavy atom. The van der Waals surface area contributed by atoms with E-state index in [9.17, 15) is 4.79 Å². The van der Waals surface area contributed by atoms with Gasteiger partial charge in [0.2, 0.25) is 5.91 Å². The van der Waals surface area contributed by atoms with Crippen LogP contribution in [-0.2, 0) is 17.9 Å². The lowest BCUT2D eigenvalue weighted by molar-refractivity contribution is -0.125. The monoisotopic (exact) mass is 383 g/mol. The van der Waals surface area contributed by atoms with Gasteiger partial charge in [-0.3, -0.25) is 9.78 Å². The third-order valence-corrected chi connectivity index (χ3v) is 5.36. The van der Waals surface area contributed by atoms with Crippen LogP contribution in [0.3, 0.4) is 0 Å². The third-order valence-electron chi connectivity index (χ3n) is 5.06. The van der Waals surface area contributed by atoms with Crippen molar-refractivity contribution >= 4 is 28.4 Å². The topological polar surface area (TPSA) is 67.0 Å². The van der Waals surface area contributed by atoms with Crippen LogP contribution in [0.25, 0.3) is 10.9 Å². The van der Waals surface area contributed by atoms with Gasteiger partial charge in [0.15, 0.2) is 0 Å². The van der Waals surface area contributed by atoms with Gasteiger partial charge in [0.25, 0.3) is 0 Å². The van der Waals surface area contributed by atoms with Crippen molar-refractivity contribution in [2.45, 2.75) is 39.8 Å². The summed E-state index contributed by atoms with van der Waals surface area (Å²) in [5, 5.41) is 4.54. The van der Waals surface area contributed by atoms with Crippen LogP contribution in [0.2, 0.25) is 5.02 Å². The van der Waals surface area contributed by atoms with E-state index in [1.807, 2.05) is 50.4 Å². The Morgan fingerprint density at radius 3 is 2.85 bits per heavy atom. The van der Waals surface area contributed by atoms with E-state index < -0.39 is 0 Å². The molecule has 0 spiro atoms. The van der Waals surface area contributed by atoms with Gasteiger partial charge in [0.1, 0.15) is 12.4 Å². The zero-order valence-electron chi connectivity index (χ0n) is 15.4. The number of carbonyl (C=O) groups excluding carboxylic acids is 1. The van der Waals surface area contributed by atoms with Crippen molar-refractivity contribution in [3.8, 4) is 5.75 Å². The first-order valence-electron chi connectivity index (χ1n) is 9.07. The summed E-state index contributed by atoms with van der Waals surface area (Å²) in [6.45, 7) is 4.83. The zero-order chi connectivity index (χ0) is 19.0. The van der Waals surface area contributed by atoms with Crippen LogP contribution in [-0.4, -0.2) is 15.9 Å². The number of amides is 1. The van der Waals surface area contributed by atoms with Crippen LogP contribution in [0.5, 0.6) is 5.75 Å². The van der Waals surface area contributed by atoms with E-state index in [1.54, 1.807) is 0 Å². The van der Waals surface area contributed by atoms with E-state index >= 15 is 0 Å². The van der Waals surface area contributed by atoms with Gasteiger partial charge in [0, 0.05) is 34.3 Å². The largest absolute Gasteiger partial charge is 0.486 e. The first-order valence-corrected chi connectivity index (χ1v) is 9.44. The Balaban J connectivity index is 1.45. The molecular formula is C21H22ClN3O2. The molecule has 1 aliphatic rings. The number of H-pyrrole nitrogens is 1. The second kappa shape index (κ2) is 6.89. The molecule has 0 bridgehead atoms. The van der Waals surface area contributed by atoms with Crippen molar-refractivity contribution < 1.29 is 9.53 Å². The number of hydrogen-bond acceptors (Lipinski definition) is 3. The molecule has 5 nitrogen and oxygen atoms in total. The summed E-state index contributed by atoms with van der Waals surface area (Å²) in [7, 11) is 0. The van der Waals surface area contributed by atoms with Gasteiger partial charge < -0.3 is 15.0 Å². The number of rotatable bonds is 6. The van der Waals surface area contributed by atoms with E-state index in [0.717, 1.165) is 40.7 Å². The number of aryl methyl sites for hydroxylation is 1. The molecule has 6 heteroatoms. The van der Waals surface area contributed by atoms with Crippen LogP contribution in [0, 0.1) is 12.3 Å². The second-order valence-electron chi connectivity index (χ2n) is 7.52. The number of ether oxygens (including phenoxy) is 1. The van der Waals surface area contributed by atoms with Crippen LogP contribution < -0.4 is 10.1 Å². The minimum atomic E-state index is -0.166. The Labute approximate surface area is 163 Å². The quantitative estimate of drug-likeness (QED) is 0.657. The van der Waals surface area contributed by atoms with E-state index in [2.05, 4.69) is 15.3 Å². The summed E-state index contributed by atoms with van der Waals surface area (Å²) >= 11 is 6.37. The smallest absolute Gasteiger partial charge is 0.226 e. The van der Waals surface area contributed by atoms with Gasteiger partial charge >= 0.3 is 0 Å². The first kappa shape index (κ1) is 17.9. The molecule has 2 N–H and O–H groups in total. The standard InChI is InChI=1S/C21H22ClN3O2/c1-13-3-4-15(23-10-13)12-27-19-9-18-14(8-17(19)22)7-16(25-18)11-24-20(26)21(2)5-6-21/h3-4,7-10,25H,5-6,11-12H2,1-2H3,(H,24,26). The Morgan fingerprint density at radius 2 is 2.15 bits per heavy atom. The molecule has 1 aliphatic carbocycles. The molecule has 1 amide bonds. The number of aromatic nitrogens is 2. The number of aromatic amines is 1. The van der Waals surface area contributed by atoms with Crippen molar-refractivity contribution in [3.05, 3.63) is 58.5 Å². The fraction of sp³-hybridized carbons (Fsp3) is 0.333. The number of nitrogens with zero attached hydrogens (tertiary/aromatic N) is 1. The Kier molecular flexibility index (Phi) is 4.56. The van der Waals surface area contributed by atoms with Crippen LogP contribution in [0.15, 0.2) is 36.5 Å². The summed E-state index contributed by atoms with van der Waals surface area (Å²) in [6.07, 6.45) is 3.76. The molecule has 2 heterocycles. The van der Waals surface area contributed by atoms with Gasteiger partial charge in [0.05, 0.1) is 17.3 Å². The molecule has 0 atom stereocenters. The van der Waals surface area contributed by atoms with Crippen molar-refractivity contribution in [3.63, 3.8) is 0 Å².